The summed E-state index contributed by atoms with van der Waals surface area (Å²) in [7, 11) is 0. The fourth-order valence-corrected chi connectivity index (χ4v) is 2.57. The summed E-state index contributed by atoms with van der Waals surface area (Å²) in [4.78, 5) is 0. The highest BCUT2D eigenvalue weighted by atomic mass is 15.5. The van der Waals surface area contributed by atoms with Crippen molar-refractivity contribution < 1.29 is 0 Å². The van der Waals surface area contributed by atoms with Gasteiger partial charge in [-0.2, -0.15) is 5.26 Å². The highest BCUT2D eigenvalue weighted by molar-refractivity contribution is 4.96. The minimum atomic E-state index is -0.248. The molecule has 0 atom stereocenters. The van der Waals surface area contributed by atoms with Crippen LogP contribution in [-0.4, -0.2) is 20.2 Å². The van der Waals surface area contributed by atoms with Crippen molar-refractivity contribution in [1.82, 2.24) is 20.2 Å². The molecule has 2 rings (SSSR count). The van der Waals surface area contributed by atoms with Crippen molar-refractivity contribution >= 4 is 0 Å². The zero-order valence-corrected chi connectivity index (χ0v) is 11.3. The Morgan fingerprint density at radius 2 is 2.11 bits per heavy atom. The lowest BCUT2D eigenvalue weighted by Gasteiger charge is -2.15. The summed E-state index contributed by atoms with van der Waals surface area (Å²) in [5.41, 5.74) is -0.248. The second-order valence-corrected chi connectivity index (χ2v) is 5.84. The molecule has 0 saturated heterocycles. The van der Waals surface area contributed by atoms with E-state index in [0.29, 0.717) is 5.92 Å². The molecule has 1 fully saturated rings. The van der Waals surface area contributed by atoms with Crippen LogP contribution in [0.25, 0.3) is 0 Å². The molecule has 0 aromatic carbocycles. The maximum absolute atomic E-state index is 8.98. The van der Waals surface area contributed by atoms with Crippen molar-refractivity contribution in [3.05, 3.63) is 5.82 Å². The lowest BCUT2D eigenvalue weighted by atomic mass is 9.90. The van der Waals surface area contributed by atoms with Crippen LogP contribution in [0.1, 0.15) is 64.1 Å². The van der Waals surface area contributed by atoms with Crippen LogP contribution < -0.4 is 0 Å². The lowest BCUT2D eigenvalue weighted by Crippen LogP contribution is -2.13. The smallest absolute Gasteiger partial charge is 0.154 e. The summed E-state index contributed by atoms with van der Waals surface area (Å²) >= 11 is 0. The lowest BCUT2D eigenvalue weighted by molar-refractivity contribution is 0.397. The normalized spacial score (nSPS) is 16.9. The first kappa shape index (κ1) is 13.0. The van der Waals surface area contributed by atoms with Crippen molar-refractivity contribution in [3.63, 3.8) is 0 Å². The summed E-state index contributed by atoms with van der Waals surface area (Å²) in [6.45, 7) is 4.78. The fourth-order valence-electron chi connectivity index (χ4n) is 2.57. The molecule has 1 aliphatic rings. The van der Waals surface area contributed by atoms with Crippen LogP contribution in [0.15, 0.2) is 0 Å². The zero-order valence-electron chi connectivity index (χ0n) is 11.3. The Morgan fingerprint density at radius 1 is 1.39 bits per heavy atom. The molecule has 0 unspecified atom stereocenters. The first-order chi connectivity index (χ1) is 8.62. The third kappa shape index (κ3) is 3.06. The van der Waals surface area contributed by atoms with Gasteiger partial charge in [-0.25, -0.2) is 4.68 Å². The number of hydrogen-bond donors (Lipinski definition) is 0. The van der Waals surface area contributed by atoms with Gasteiger partial charge in [0, 0.05) is 12.5 Å². The maximum Gasteiger partial charge on any atom is 0.154 e. The zero-order chi connectivity index (χ0) is 13.0. The SMILES string of the molecule is CC(C)(C#N)CCCn1nnnc1C1CCCC1. The topological polar surface area (TPSA) is 67.4 Å². The number of hydrogen-bond acceptors (Lipinski definition) is 4. The Labute approximate surface area is 108 Å². The number of aromatic nitrogens is 4. The number of nitrogens with zero attached hydrogens (tertiary/aromatic N) is 5. The van der Waals surface area contributed by atoms with Gasteiger partial charge in [0.1, 0.15) is 0 Å². The van der Waals surface area contributed by atoms with Crippen LogP contribution in [0.5, 0.6) is 0 Å². The standard InChI is InChI=1S/C13H21N5/c1-13(2,10-14)8-5-9-18-12(15-16-17-18)11-6-3-4-7-11/h11H,3-9H2,1-2H3. The van der Waals surface area contributed by atoms with E-state index in [1.165, 1.54) is 25.7 Å². The average molecular weight is 247 g/mol. The van der Waals surface area contributed by atoms with E-state index in [1.54, 1.807) is 0 Å². The van der Waals surface area contributed by atoms with Gasteiger partial charge in [-0.3, -0.25) is 0 Å². The van der Waals surface area contributed by atoms with Crippen LogP contribution in [0.2, 0.25) is 0 Å². The summed E-state index contributed by atoms with van der Waals surface area (Å²) in [6, 6.07) is 2.33. The molecule has 0 radical (unpaired) electrons. The number of aryl methyl sites for hydroxylation is 1. The highest BCUT2D eigenvalue weighted by Crippen LogP contribution is 2.32. The van der Waals surface area contributed by atoms with E-state index in [-0.39, 0.29) is 5.41 Å². The van der Waals surface area contributed by atoms with Gasteiger partial charge in [-0.15, -0.1) is 5.10 Å². The maximum atomic E-state index is 8.98. The van der Waals surface area contributed by atoms with Gasteiger partial charge in [0.2, 0.25) is 0 Å². The summed E-state index contributed by atoms with van der Waals surface area (Å²) in [5, 5.41) is 21.0. The highest BCUT2D eigenvalue weighted by Gasteiger charge is 2.23. The van der Waals surface area contributed by atoms with E-state index >= 15 is 0 Å². The molecule has 5 nitrogen and oxygen atoms in total. The van der Waals surface area contributed by atoms with Gasteiger partial charge in [-0.1, -0.05) is 12.8 Å². The van der Waals surface area contributed by atoms with E-state index in [2.05, 4.69) is 21.6 Å². The third-order valence-electron chi connectivity index (χ3n) is 3.75. The first-order valence-electron chi connectivity index (χ1n) is 6.80. The molecule has 0 aliphatic heterocycles. The molecule has 1 heterocycles. The molecule has 0 spiro atoms. The minimum Gasteiger partial charge on any atom is -0.229 e. The Bertz CT molecular complexity index is 423. The van der Waals surface area contributed by atoms with Crippen LogP contribution in [0.3, 0.4) is 0 Å². The van der Waals surface area contributed by atoms with Crippen molar-refractivity contribution in [3.8, 4) is 6.07 Å². The molecule has 0 N–H and O–H groups in total. The van der Waals surface area contributed by atoms with E-state index in [1.807, 2.05) is 18.5 Å². The minimum absolute atomic E-state index is 0.248. The van der Waals surface area contributed by atoms with Crippen LogP contribution in [-0.2, 0) is 6.54 Å². The molecular weight excluding hydrogens is 226 g/mol. The van der Waals surface area contributed by atoms with Gasteiger partial charge in [0.15, 0.2) is 5.82 Å². The molecule has 1 aromatic rings. The fraction of sp³-hybridized carbons (Fsp3) is 0.846. The van der Waals surface area contributed by atoms with Gasteiger partial charge in [0.05, 0.1) is 11.5 Å². The summed E-state index contributed by atoms with van der Waals surface area (Å²) in [5.74, 6) is 1.59. The van der Waals surface area contributed by atoms with Gasteiger partial charge >= 0.3 is 0 Å². The summed E-state index contributed by atoms with van der Waals surface area (Å²) < 4.78 is 1.93. The van der Waals surface area contributed by atoms with Crippen molar-refractivity contribution in [2.45, 2.75) is 64.8 Å². The molecule has 18 heavy (non-hydrogen) atoms. The molecule has 98 valence electrons. The average Bonchev–Trinajstić information content (AvgIpc) is 2.98. The second kappa shape index (κ2) is 5.47. The van der Waals surface area contributed by atoms with Crippen LogP contribution in [0, 0.1) is 16.7 Å². The van der Waals surface area contributed by atoms with E-state index in [4.69, 9.17) is 5.26 Å². The van der Waals surface area contributed by atoms with Crippen LogP contribution >= 0.6 is 0 Å². The van der Waals surface area contributed by atoms with Gasteiger partial charge in [-0.05, 0) is 50.0 Å². The monoisotopic (exact) mass is 247 g/mol. The quantitative estimate of drug-likeness (QED) is 0.802. The number of nitriles is 1. The van der Waals surface area contributed by atoms with E-state index < -0.39 is 0 Å². The predicted molar refractivity (Wildman–Crippen MR) is 67.7 cm³/mol. The van der Waals surface area contributed by atoms with E-state index in [9.17, 15) is 0 Å². The molecule has 0 bridgehead atoms. The number of tetrazole rings is 1. The van der Waals surface area contributed by atoms with Crippen molar-refractivity contribution in [2.75, 3.05) is 0 Å². The van der Waals surface area contributed by atoms with Crippen molar-refractivity contribution in [2.24, 2.45) is 5.41 Å². The number of rotatable bonds is 5. The Hall–Kier alpha value is -1.44. The molecular formula is C13H21N5. The van der Waals surface area contributed by atoms with Gasteiger partial charge < -0.3 is 0 Å². The Morgan fingerprint density at radius 3 is 2.78 bits per heavy atom. The molecule has 5 heteroatoms. The Kier molecular flexibility index (Phi) is 3.95. The molecule has 0 amide bonds. The van der Waals surface area contributed by atoms with Gasteiger partial charge in [0.25, 0.3) is 0 Å². The van der Waals surface area contributed by atoms with Crippen LogP contribution in [0.4, 0.5) is 0 Å². The molecule has 1 aromatic heterocycles. The van der Waals surface area contributed by atoms with Crippen molar-refractivity contribution in [1.29, 1.82) is 5.26 Å². The Balaban J connectivity index is 1.90. The largest absolute Gasteiger partial charge is 0.229 e. The third-order valence-corrected chi connectivity index (χ3v) is 3.75. The summed E-state index contributed by atoms with van der Waals surface area (Å²) in [6.07, 6.45) is 6.84. The second-order valence-electron chi connectivity index (χ2n) is 5.84. The molecule has 1 aliphatic carbocycles. The molecule has 1 saturated carbocycles. The first-order valence-corrected chi connectivity index (χ1v) is 6.80. The predicted octanol–water partition coefficient (Wildman–Crippen LogP) is 2.66. The van der Waals surface area contributed by atoms with E-state index in [0.717, 1.165) is 25.2 Å².